The van der Waals surface area contributed by atoms with Crippen LogP contribution < -0.4 is 10.6 Å². The normalized spacial score (nSPS) is 20.0. The Morgan fingerprint density at radius 1 is 1.59 bits per heavy atom. The highest BCUT2D eigenvalue weighted by atomic mass is 79.9. The van der Waals surface area contributed by atoms with E-state index < -0.39 is 0 Å². The van der Waals surface area contributed by atoms with Gasteiger partial charge in [0.2, 0.25) is 5.91 Å². The van der Waals surface area contributed by atoms with Crippen LogP contribution in [0.25, 0.3) is 0 Å². The van der Waals surface area contributed by atoms with Crippen LogP contribution in [-0.4, -0.2) is 30.0 Å². The van der Waals surface area contributed by atoms with Crippen molar-refractivity contribution < 1.29 is 4.79 Å². The van der Waals surface area contributed by atoms with Crippen LogP contribution in [-0.2, 0) is 4.79 Å². The molecule has 1 amide bonds. The number of anilines is 1. The minimum absolute atomic E-state index is 0.0137. The molecular formula is C11H12BrClN2OS. The summed E-state index contributed by atoms with van der Waals surface area (Å²) >= 11 is 11.1. The molecule has 2 rings (SSSR count). The lowest BCUT2D eigenvalue weighted by molar-refractivity contribution is -0.117. The van der Waals surface area contributed by atoms with Crippen molar-refractivity contribution in [2.24, 2.45) is 0 Å². The summed E-state index contributed by atoms with van der Waals surface area (Å²) in [6, 6.07) is 5.28. The molecule has 1 heterocycles. The number of nitrogens with one attached hydrogen (secondary N) is 2. The Morgan fingerprint density at radius 2 is 2.41 bits per heavy atom. The fraction of sp³-hybridized carbons (Fsp3) is 0.364. The third-order valence-corrected chi connectivity index (χ3v) is 4.91. The number of hydrogen-bond donors (Lipinski definition) is 2. The van der Waals surface area contributed by atoms with Crippen molar-refractivity contribution in [1.82, 2.24) is 5.32 Å². The van der Waals surface area contributed by atoms with Crippen molar-refractivity contribution in [2.75, 3.05) is 23.4 Å². The monoisotopic (exact) mass is 334 g/mol. The van der Waals surface area contributed by atoms with Crippen LogP contribution in [0.3, 0.4) is 0 Å². The maximum absolute atomic E-state index is 12.0. The predicted molar refractivity (Wildman–Crippen MR) is 76.9 cm³/mol. The third-order valence-electron chi connectivity index (χ3n) is 2.45. The highest BCUT2D eigenvalue weighted by molar-refractivity contribution is 9.10. The molecule has 0 aromatic heterocycles. The van der Waals surface area contributed by atoms with E-state index in [0.717, 1.165) is 22.5 Å². The van der Waals surface area contributed by atoms with Gasteiger partial charge in [0.25, 0.3) is 0 Å². The van der Waals surface area contributed by atoms with Crippen molar-refractivity contribution >= 4 is 50.9 Å². The maximum Gasteiger partial charge on any atom is 0.242 e. The second-order valence-corrected chi connectivity index (χ2v) is 6.02. The van der Waals surface area contributed by atoms with Gasteiger partial charge in [-0.3, -0.25) is 4.79 Å². The zero-order valence-electron chi connectivity index (χ0n) is 9.00. The average Bonchev–Trinajstić information content (AvgIpc) is 2.36. The van der Waals surface area contributed by atoms with Gasteiger partial charge in [-0.2, -0.15) is 11.8 Å². The lowest BCUT2D eigenvalue weighted by atomic mass is 10.2. The van der Waals surface area contributed by atoms with E-state index in [0.29, 0.717) is 10.7 Å². The molecule has 17 heavy (non-hydrogen) atoms. The first kappa shape index (κ1) is 13.2. The highest BCUT2D eigenvalue weighted by Gasteiger charge is 2.21. The van der Waals surface area contributed by atoms with Gasteiger partial charge in [-0.05, 0) is 28.1 Å². The molecule has 0 radical (unpaired) electrons. The molecule has 1 fully saturated rings. The van der Waals surface area contributed by atoms with Gasteiger partial charge in [0.1, 0.15) is 0 Å². The fourth-order valence-electron chi connectivity index (χ4n) is 1.55. The smallest absolute Gasteiger partial charge is 0.242 e. The first-order chi connectivity index (χ1) is 8.18. The average molecular weight is 336 g/mol. The van der Waals surface area contributed by atoms with E-state index in [-0.39, 0.29) is 11.9 Å². The van der Waals surface area contributed by atoms with E-state index in [2.05, 4.69) is 26.6 Å². The van der Waals surface area contributed by atoms with E-state index in [4.69, 9.17) is 11.6 Å². The van der Waals surface area contributed by atoms with Crippen LogP contribution in [0, 0.1) is 0 Å². The molecule has 0 spiro atoms. The summed E-state index contributed by atoms with van der Waals surface area (Å²) in [6.45, 7) is 0.874. The number of carbonyl (C=O) groups is 1. The van der Waals surface area contributed by atoms with E-state index in [1.165, 1.54) is 0 Å². The van der Waals surface area contributed by atoms with Crippen LogP contribution in [0.4, 0.5) is 5.69 Å². The van der Waals surface area contributed by atoms with Crippen molar-refractivity contribution in [1.29, 1.82) is 0 Å². The molecule has 0 bridgehead atoms. The van der Waals surface area contributed by atoms with E-state index in [1.807, 2.05) is 12.1 Å². The zero-order valence-corrected chi connectivity index (χ0v) is 12.2. The quantitative estimate of drug-likeness (QED) is 0.873. The Bertz CT molecular complexity index is 424. The van der Waals surface area contributed by atoms with Crippen molar-refractivity contribution in [2.45, 2.75) is 6.04 Å². The second kappa shape index (κ2) is 6.09. The van der Waals surface area contributed by atoms with Gasteiger partial charge in [0, 0.05) is 18.1 Å². The van der Waals surface area contributed by atoms with Gasteiger partial charge in [-0.25, -0.2) is 0 Å². The Morgan fingerprint density at radius 3 is 3.12 bits per heavy atom. The number of amides is 1. The molecule has 1 atom stereocenters. The van der Waals surface area contributed by atoms with Crippen LogP contribution in [0.2, 0.25) is 5.02 Å². The molecule has 6 heteroatoms. The van der Waals surface area contributed by atoms with Crippen LogP contribution >= 0.6 is 39.3 Å². The highest BCUT2D eigenvalue weighted by Crippen LogP contribution is 2.30. The number of hydrogen-bond acceptors (Lipinski definition) is 3. The minimum Gasteiger partial charge on any atom is -0.324 e. The van der Waals surface area contributed by atoms with Crippen molar-refractivity contribution in [3.05, 3.63) is 27.7 Å². The summed E-state index contributed by atoms with van der Waals surface area (Å²) < 4.78 is 0.721. The largest absolute Gasteiger partial charge is 0.324 e. The number of benzene rings is 1. The summed E-state index contributed by atoms with van der Waals surface area (Å²) in [4.78, 5) is 12.0. The summed E-state index contributed by atoms with van der Waals surface area (Å²) in [7, 11) is 0. The molecule has 1 saturated heterocycles. The fourth-order valence-corrected chi connectivity index (χ4v) is 3.03. The third kappa shape index (κ3) is 3.37. The molecule has 1 aliphatic heterocycles. The minimum atomic E-state index is -0.125. The lowest BCUT2D eigenvalue weighted by Gasteiger charge is -2.22. The van der Waals surface area contributed by atoms with Crippen LogP contribution in [0.5, 0.6) is 0 Å². The van der Waals surface area contributed by atoms with Gasteiger partial charge >= 0.3 is 0 Å². The number of carbonyl (C=O) groups excluding carboxylic acids is 1. The van der Waals surface area contributed by atoms with Gasteiger partial charge in [-0.1, -0.05) is 17.7 Å². The molecule has 1 unspecified atom stereocenters. The standard InChI is InChI=1S/C11H12BrClN2OS/c12-10-7(13)2-1-3-8(10)15-11(16)9-6-17-5-4-14-9/h1-3,9,14H,4-6H2,(H,15,16). The molecular weight excluding hydrogens is 324 g/mol. The molecule has 0 saturated carbocycles. The van der Waals surface area contributed by atoms with Gasteiger partial charge in [0.15, 0.2) is 0 Å². The first-order valence-corrected chi connectivity index (χ1v) is 7.57. The Kier molecular flexibility index (Phi) is 4.73. The van der Waals surface area contributed by atoms with Gasteiger partial charge in [0.05, 0.1) is 21.2 Å². The molecule has 1 aliphatic rings. The molecule has 0 aliphatic carbocycles. The molecule has 92 valence electrons. The first-order valence-electron chi connectivity index (χ1n) is 5.24. The summed E-state index contributed by atoms with van der Waals surface area (Å²) in [5.41, 5.74) is 0.708. The molecule has 2 N–H and O–H groups in total. The number of rotatable bonds is 2. The summed E-state index contributed by atoms with van der Waals surface area (Å²) in [6.07, 6.45) is 0. The maximum atomic E-state index is 12.0. The Labute approximate surface area is 118 Å². The molecule has 1 aromatic carbocycles. The SMILES string of the molecule is O=C(Nc1cccc(Cl)c1Br)C1CSCCN1. The number of thioether (sulfide) groups is 1. The van der Waals surface area contributed by atoms with Gasteiger partial charge < -0.3 is 10.6 Å². The summed E-state index contributed by atoms with van der Waals surface area (Å²) in [5, 5.41) is 6.66. The number of halogens is 2. The van der Waals surface area contributed by atoms with Crippen molar-refractivity contribution in [3.8, 4) is 0 Å². The van der Waals surface area contributed by atoms with E-state index in [1.54, 1.807) is 17.8 Å². The Hall–Kier alpha value is -0.230. The zero-order chi connectivity index (χ0) is 12.3. The van der Waals surface area contributed by atoms with Crippen LogP contribution in [0.15, 0.2) is 22.7 Å². The molecule has 1 aromatic rings. The van der Waals surface area contributed by atoms with Crippen molar-refractivity contribution in [3.63, 3.8) is 0 Å². The second-order valence-electron chi connectivity index (χ2n) is 3.67. The van der Waals surface area contributed by atoms with E-state index >= 15 is 0 Å². The predicted octanol–water partition coefficient (Wildman–Crippen LogP) is 2.75. The van der Waals surface area contributed by atoms with Gasteiger partial charge in [-0.15, -0.1) is 0 Å². The lowest BCUT2D eigenvalue weighted by Crippen LogP contribution is -2.46. The van der Waals surface area contributed by atoms with E-state index in [9.17, 15) is 4.79 Å². The molecule has 3 nitrogen and oxygen atoms in total. The topological polar surface area (TPSA) is 41.1 Å². The Balaban J connectivity index is 2.04. The summed E-state index contributed by atoms with van der Waals surface area (Å²) in [5.74, 6) is 1.86. The van der Waals surface area contributed by atoms with Crippen LogP contribution in [0.1, 0.15) is 0 Å².